The molecule has 5 aromatic rings. The third-order valence-corrected chi connectivity index (χ3v) is 8.92. The number of carbonyl (C=O) groups is 2. The van der Waals surface area contributed by atoms with Crippen LogP contribution in [0.3, 0.4) is 0 Å². The predicted molar refractivity (Wildman–Crippen MR) is 173 cm³/mol. The SMILES string of the molecule is CCOc1ccc2nc(N3C(=O)C(=O)/C(=C(/O)c4ccc5c(c4)CC(C)O5)C3c3cccc(OCc4ccccc4)c3)sc2c1. The fourth-order valence-electron chi connectivity index (χ4n) is 5.84. The second-order valence-electron chi connectivity index (χ2n) is 11.0. The van der Waals surface area contributed by atoms with Gasteiger partial charge in [-0.25, -0.2) is 4.98 Å². The van der Waals surface area contributed by atoms with Crippen LogP contribution in [-0.2, 0) is 22.6 Å². The number of aliphatic hydroxyl groups excluding tert-OH is 1. The Bertz CT molecular complexity index is 1970. The van der Waals surface area contributed by atoms with Gasteiger partial charge in [-0.2, -0.15) is 0 Å². The number of hydrogen-bond acceptors (Lipinski definition) is 8. The number of aromatic nitrogens is 1. The Hall–Kier alpha value is -5.15. The Kier molecular flexibility index (Phi) is 7.47. The Morgan fingerprint density at radius 2 is 1.80 bits per heavy atom. The first-order valence-corrected chi connectivity index (χ1v) is 15.6. The maximum atomic E-state index is 13.8. The number of ether oxygens (including phenoxy) is 3. The second kappa shape index (κ2) is 11.7. The summed E-state index contributed by atoms with van der Waals surface area (Å²) >= 11 is 1.29. The summed E-state index contributed by atoms with van der Waals surface area (Å²) in [5, 5.41) is 12.1. The number of benzene rings is 4. The van der Waals surface area contributed by atoms with Crippen LogP contribution in [0.25, 0.3) is 16.0 Å². The van der Waals surface area contributed by atoms with Crippen molar-refractivity contribution in [2.45, 2.75) is 39.0 Å². The number of anilines is 1. The summed E-state index contributed by atoms with van der Waals surface area (Å²) in [5.74, 6) is 0.207. The second-order valence-corrected chi connectivity index (χ2v) is 12.0. The molecule has 2 aliphatic heterocycles. The zero-order chi connectivity index (χ0) is 31.1. The third-order valence-electron chi connectivity index (χ3n) is 7.90. The Balaban J connectivity index is 1.34. The molecule has 0 spiro atoms. The molecule has 7 rings (SSSR count). The van der Waals surface area contributed by atoms with E-state index in [-0.39, 0.29) is 17.4 Å². The van der Waals surface area contributed by atoms with Crippen molar-refractivity contribution >= 4 is 44.1 Å². The van der Waals surface area contributed by atoms with Gasteiger partial charge in [-0.05, 0) is 79.1 Å². The van der Waals surface area contributed by atoms with Gasteiger partial charge in [0.2, 0.25) is 0 Å². The Morgan fingerprint density at radius 1 is 0.978 bits per heavy atom. The number of amides is 1. The van der Waals surface area contributed by atoms with Gasteiger partial charge in [0.25, 0.3) is 5.78 Å². The molecule has 0 bridgehead atoms. The molecule has 1 saturated heterocycles. The van der Waals surface area contributed by atoms with Crippen molar-refractivity contribution < 1.29 is 28.9 Å². The van der Waals surface area contributed by atoms with Gasteiger partial charge in [0.15, 0.2) is 5.13 Å². The van der Waals surface area contributed by atoms with Crippen LogP contribution in [0, 0.1) is 0 Å². The molecule has 3 heterocycles. The highest BCUT2D eigenvalue weighted by Gasteiger charge is 2.48. The third kappa shape index (κ3) is 5.40. The number of rotatable bonds is 8. The van der Waals surface area contributed by atoms with Crippen molar-refractivity contribution in [1.82, 2.24) is 4.98 Å². The smallest absolute Gasteiger partial charge is 0.301 e. The number of ketones is 1. The molecule has 4 aromatic carbocycles. The molecule has 1 aromatic heterocycles. The summed E-state index contributed by atoms with van der Waals surface area (Å²) in [6.45, 7) is 4.75. The van der Waals surface area contributed by atoms with Crippen molar-refractivity contribution in [3.8, 4) is 17.2 Å². The quantitative estimate of drug-likeness (QED) is 0.111. The lowest BCUT2D eigenvalue weighted by Gasteiger charge is -2.23. The summed E-state index contributed by atoms with van der Waals surface area (Å²) in [7, 11) is 0. The first-order valence-electron chi connectivity index (χ1n) is 14.8. The lowest BCUT2D eigenvalue weighted by atomic mass is 9.94. The van der Waals surface area contributed by atoms with E-state index >= 15 is 0 Å². The molecule has 1 fully saturated rings. The number of fused-ring (bicyclic) bond motifs is 2. The number of hydrogen-bond donors (Lipinski definition) is 1. The topological polar surface area (TPSA) is 98.2 Å². The fourth-order valence-corrected chi connectivity index (χ4v) is 6.86. The zero-order valence-electron chi connectivity index (χ0n) is 24.7. The molecule has 45 heavy (non-hydrogen) atoms. The van der Waals surface area contributed by atoms with Gasteiger partial charge in [-0.15, -0.1) is 0 Å². The standard InChI is InChI=1S/C36H30N2O6S/c1-3-42-27-13-14-28-30(19-27)45-36(37-28)38-32(23-10-7-11-26(18-23)43-20-22-8-5-4-6-9-22)31(34(40)35(38)41)33(39)24-12-15-29-25(17-24)16-21(2)44-29/h4-15,17-19,21,32,39H,3,16,20H2,1-2H3/b33-31+. The van der Waals surface area contributed by atoms with E-state index in [1.807, 2.05) is 86.6 Å². The van der Waals surface area contributed by atoms with Gasteiger partial charge >= 0.3 is 5.91 Å². The van der Waals surface area contributed by atoms with E-state index in [1.165, 1.54) is 16.2 Å². The first kappa shape index (κ1) is 28.6. The molecular formula is C36H30N2O6S. The number of carbonyl (C=O) groups excluding carboxylic acids is 2. The molecule has 0 saturated carbocycles. The normalized spacial score (nSPS) is 18.7. The number of aliphatic hydroxyl groups is 1. The first-order chi connectivity index (χ1) is 21.9. The molecule has 0 aliphatic carbocycles. The average Bonchev–Trinajstić information content (AvgIpc) is 3.72. The summed E-state index contributed by atoms with van der Waals surface area (Å²) in [5.41, 5.74) is 3.65. The highest BCUT2D eigenvalue weighted by atomic mass is 32.1. The Labute approximate surface area is 264 Å². The van der Waals surface area contributed by atoms with Gasteiger partial charge in [-0.1, -0.05) is 53.8 Å². The number of nitrogens with zero attached hydrogens (tertiary/aromatic N) is 2. The van der Waals surface area contributed by atoms with Gasteiger partial charge in [0.1, 0.15) is 35.7 Å². The summed E-state index contributed by atoms with van der Waals surface area (Å²) in [4.78, 5) is 33.8. The molecule has 1 amide bonds. The van der Waals surface area contributed by atoms with Crippen LogP contribution in [-0.4, -0.2) is 34.5 Å². The summed E-state index contributed by atoms with van der Waals surface area (Å²) in [6.07, 6.45) is 0.702. The minimum Gasteiger partial charge on any atom is -0.507 e. The maximum absolute atomic E-state index is 13.8. The minimum atomic E-state index is -0.944. The van der Waals surface area contributed by atoms with E-state index in [0.29, 0.717) is 52.9 Å². The molecule has 1 N–H and O–H groups in total. The van der Waals surface area contributed by atoms with E-state index in [9.17, 15) is 14.7 Å². The molecular weight excluding hydrogens is 588 g/mol. The van der Waals surface area contributed by atoms with E-state index in [2.05, 4.69) is 0 Å². The van der Waals surface area contributed by atoms with E-state index in [0.717, 1.165) is 21.6 Å². The zero-order valence-corrected chi connectivity index (χ0v) is 25.5. The highest BCUT2D eigenvalue weighted by molar-refractivity contribution is 7.22. The van der Waals surface area contributed by atoms with Gasteiger partial charge in [-0.3, -0.25) is 14.5 Å². The van der Waals surface area contributed by atoms with Crippen molar-refractivity contribution in [1.29, 1.82) is 0 Å². The van der Waals surface area contributed by atoms with Crippen molar-refractivity contribution in [2.24, 2.45) is 0 Å². The average molecular weight is 619 g/mol. The lowest BCUT2D eigenvalue weighted by Crippen LogP contribution is -2.29. The fraction of sp³-hybridized carbons (Fsp3) is 0.194. The highest BCUT2D eigenvalue weighted by Crippen LogP contribution is 2.45. The summed E-state index contributed by atoms with van der Waals surface area (Å²) < 4.78 is 18.4. The van der Waals surface area contributed by atoms with Gasteiger partial charge in [0.05, 0.1) is 28.4 Å². The van der Waals surface area contributed by atoms with Crippen LogP contribution < -0.4 is 19.1 Å². The molecule has 2 unspecified atom stereocenters. The van der Waals surface area contributed by atoms with Crippen LogP contribution in [0.15, 0.2) is 96.6 Å². The van der Waals surface area contributed by atoms with E-state index in [1.54, 1.807) is 18.2 Å². The van der Waals surface area contributed by atoms with Crippen molar-refractivity contribution in [3.05, 3.63) is 119 Å². The van der Waals surface area contributed by atoms with Crippen molar-refractivity contribution in [3.63, 3.8) is 0 Å². The molecule has 2 aliphatic rings. The Morgan fingerprint density at radius 3 is 2.62 bits per heavy atom. The molecule has 226 valence electrons. The van der Waals surface area contributed by atoms with Gasteiger partial charge < -0.3 is 19.3 Å². The number of Topliss-reactive ketones (excluding diaryl/α,β-unsaturated/α-hetero) is 1. The number of thiazole rings is 1. The largest absolute Gasteiger partial charge is 0.507 e. The van der Waals surface area contributed by atoms with E-state index in [4.69, 9.17) is 19.2 Å². The van der Waals surface area contributed by atoms with Crippen LogP contribution in [0.4, 0.5) is 5.13 Å². The summed E-state index contributed by atoms with van der Waals surface area (Å²) in [6, 6.07) is 27.0. The molecule has 0 radical (unpaired) electrons. The maximum Gasteiger partial charge on any atom is 0.301 e. The van der Waals surface area contributed by atoms with Crippen LogP contribution in [0.1, 0.15) is 42.1 Å². The van der Waals surface area contributed by atoms with Crippen molar-refractivity contribution in [2.75, 3.05) is 11.5 Å². The monoisotopic (exact) mass is 618 g/mol. The molecule has 9 heteroatoms. The molecule has 8 nitrogen and oxygen atoms in total. The molecule has 2 atom stereocenters. The van der Waals surface area contributed by atoms with Gasteiger partial charge in [0, 0.05) is 12.0 Å². The lowest BCUT2D eigenvalue weighted by molar-refractivity contribution is -0.132. The predicted octanol–water partition coefficient (Wildman–Crippen LogP) is 7.22. The minimum absolute atomic E-state index is 0.0126. The van der Waals surface area contributed by atoms with E-state index < -0.39 is 17.7 Å². The van der Waals surface area contributed by atoms with Crippen LogP contribution in [0.2, 0.25) is 0 Å². The van der Waals surface area contributed by atoms with Crippen LogP contribution >= 0.6 is 11.3 Å². The van der Waals surface area contributed by atoms with Crippen LogP contribution in [0.5, 0.6) is 17.2 Å².